The highest BCUT2D eigenvalue weighted by Crippen LogP contribution is 2.41. The number of hydrogen-bond donors (Lipinski definition) is 1. The third kappa shape index (κ3) is 6.05. The van der Waals surface area contributed by atoms with Gasteiger partial charge in [-0.25, -0.2) is 27.2 Å². The Kier molecular flexibility index (Phi) is 8.67. The molecule has 1 saturated heterocycles. The smallest absolute Gasteiger partial charge is 0.211 e. The van der Waals surface area contributed by atoms with Crippen LogP contribution in [0.3, 0.4) is 0 Å². The Morgan fingerprint density at radius 1 is 1.16 bits per heavy atom. The van der Waals surface area contributed by atoms with E-state index in [4.69, 9.17) is 4.98 Å². The molecule has 3 heterocycles. The average molecular weight is 627 g/mol. The van der Waals surface area contributed by atoms with Crippen LogP contribution in [0.2, 0.25) is 0 Å². The molecule has 0 radical (unpaired) electrons. The maximum Gasteiger partial charge on any atom is 0.211 e. The topological polar surface area (TPSA) is 114 Å². The van der Waals surface area contributed by atoms with Crippen LogP contribution in [0.5, 0.6) is 0 Å². The quantitative estimate of drug-likeness (QED) is 0.283. The molecule has 2 aromatic carbocycles. The first-order valence-corrected chi connectivity index (χ1v) is 16.5. The predicted molar refractivity (Wildman–Crippen MR) is 165 cm³/mol. The van der Waals surface area contributed by atoms with Gasteiger partial charge in [0.25, 0.3) is 0 Å². The second-order valence-electron chi connectivity index (χ2n) is 10.7. The maximum atomic E-state index is 15.9. The van der Waals surface area contributed by atoms with E-state index >= 15 is 4.39 Å². The lowest BCUT2D eigenvalue weighted by molar-refractivity contribution is 0.218. The number of fused-ring (bicyclic) bond motifs is 1. The van der Waals surface area contributed by atoms with E-state index in [9.17, 15) is 23.2 Å². The van der Waals surface area contributed by atoms with E-state index < -0.39 is 27.7 Å². The van der Waals surface area contributed by atoms with E-state index in [2.05, 4.69) is 11.1 Å². The highest BCUT2D eigenvalue weighted by molar-refractivity contribution is 7.88. The van der Waals surface area contributed by atoms with Crippen molar-refractivity contribution in [1.82, 2.24) is 14.3 Å². The lowest BCUT2D eigenvalue weighted by Crippen LogP contribution is -2.56. The molecule has 0 aliphatic carbocycles. The van der Waals surface area contributed by atoms with Crippen molar-refractivity contribution in [2.75, 3.05) is 48.8 Å². The molecule has 0 spiro atoms. The SMILES string of the molecule is CCN(c1nc(-c2ccc(F)cc2)c(C#N)s1)c1cc(C(C)C)nc2c(F)cc(N3CCN(S(C)(=O)=O)C[C@H]3CO)cc12. The van der Waals surface area contributed by atoms with Crippen molar-refractivity contribution in [1.29, 1.82) is 5.26 Å². The number of nitrogens with zero attached hydrogens (tertiary/aromatic N) is 6. The van der Waals surface area contributed by atoms with E-state index in [0.29, 0.717) is 50.3 Å². The Bertz CT molecular complexity index is 1810. The molecule has 0 saturated carbocycles. The Hall–Kier alpha value is -3.70. The fraction of sp³-hybridized carbons (Fsp3) is 0.367. The summed E-state index contributed by atoms with van der Waals surface area (Å²) in [6, 6.07) is 12.5. The average Bonchev–Trinajstić information content (AvgIpc) is 3.41. The van der Waals surface area contributed by atoms with Gasteiger partial charge in [-0.3, -0.25) is 0 Å². The van der Waals surface area contributed by atoms with Gasteiger partial charge in [-0.2, -0.15) is 9.57 Å². The summed E-state index contributed by atoms with van der Waals surface area (Å²) < 4.78 is 55.1. The van der Waals surface area contributed by atoms with Gasteiger partial charge in [-0.15, -0.1) is 0 Å². The van der Waals surface area contributed by atoms with Gasteiger partial charge in [0.15, 0.2) is 10.9 Å². The molecule has 4 aromatic rings. The summed E-state index contributed by atoms with van der Waals surface area (Å²) >= 11 is 1.19. The third-order valence-electron chi connectivity index (χ3n) is 7.57. The molecule has 1 aliphatic rings. The van der Waals surface area contributed by atoms with Crippen LogP contribution in [-0.2, 0) is 10.0 Å². The van der Waals surface area contributed by atoms with Crippen LogP contribution in [0.4, 0.5) is 25.3 Å². The van der Waals surface area contributed by atoms with Gasteiger partial charge in [0.05, 0.1) is 24.6 Å². The summed E-state index contributed by atoms with van der Waals surface area (Å²) in [5, 5.41) is 21.1. The van der Waals surface area contributed by atoms with Crippen molar-refractivity contribution in [2.24, 2.45) is 0 Å². The summed E-state index contributed by atoms with van der Waals surface area (Å²) in [5.74, 6) is -0.945. The van der Waals surface area contributed by atoms with Gasteiger partial charge in [-0.1, -0.05) is 25.2 Å². The third-order valence-corrected chi connectivity index (χ3v) is 9.82. The Morgan fingerprint density at radius 3 is 2.49 bits per heavy atom. The zero-order valence-corrected chi connectivity index (χ0v) is 25.9. The maximum absolute atomic E-state index is 15.9. The lowest BCUT2D eigenvalue weighted by atomic mass is 10.0. The van der Waals surface area contributed by atoms with Crippen molar-refractivity contribution in [3.8, 4) is 17.3 Å². The van der Waals surface area contributed by atoms with Crippen LogP contribution in [0.15, 0.2) is 42.5 Å². The molecule has 1 atom stereocenters. The monoisotopic (exact) mass is 626 g/mol. The van der Waals surface area contributed by atoms with E-state index in [1.54, 1.807) is 12.1 Å². The Labute approximate surface area is 253 Å². The molecule has 0 bridgehead atoms. The fourth-order valence-corrected chi connectivity index (χ4v) is 7.11. The number of hydrogen-bond acceptors (Lipinski definition) is 9. The summed E-state index contributed by atoms with van der Waals surface area (Å²) in [6.45, 7) is 6.55. The van der Waals surface area contributed by atoms with Gasteiger partial charge >= 0.3 is 0 Å². The van der Waals surface area contributed by atoms with Crippen molar-refractivity contribution in [3.63, 3.8) is 0 Å². The zero-order chi connectivity index (χ0) is 31.1. The molecule has 1 aliphatic heterocycles. The van der Waals surface area contributed by atoms with Crippen molar-refractivity contribution in [2.45, 2.75) is 32.7 Å². The number of rotatable bonds is 8. The van der Waals surface area contributed by atoms with Crippen LogP contribution >= 0.6 is 11.3 Å². The molecule has 1 fully saturated rings. The minimum Gasteiger partial charge on any atom is -0.394 e. The van der Waals surface area contributed by atoms with Crippen LogP contribution in [0, 0.1) is 23.0 Å². The highest BCUT2D eigenvalue weighted by atomic mass is 32.2. The molecule has 0 unspecified atom stereocenters. The number of aliphatic hydroxyl groups is 1. The Balaban J connectivity index is 1.65. The van der Waals surface area contributed by atoms with Crippen molar-refractivity contribution in [3.05, 3.63) is 64.7 Å². The number of aromatic nitrogens is 2. The molecule has 1 N–H and O–H groups in total. The summed E-state index contributed by atoms with van der Waals surface area (Å²) in [4.78, 5) is 13.5. The van der Waals surface area contributed by atoms with Crippen LogP contribution in [0.1, 0.15) is 37.3 Å². The van der Waals surface area contributed by atoms with Gasteiger partial charge in [0, 0.05) is 48.5 Å². The molecule has 5 rings (SSSR count). The number of thiazole rings is 1. The molecular weight excluding hydrogens is 594 g/mol. The first-order valence-electron chi connectivity index (χ1n) is 13.9. The molecule has 43 heavy (non-hydrogen) atoms. The molecule has 2 aromatic heterocycles. The van der Waals surface area contributed by atoms with E-state index in [0.717, 1.165) is 6.26 Å². The number of sulfonamides is 1. The zero-order valence-electron chi connectivity index (χ0n) is 24.3. The summed E-state index contributed by atoms with van der Waals surface area (Å²) in [5.41, 5.74) is 3.04. The second kappa shape index (κ2) is 12.1. The van der Waals surface area contributed by atoms with Gasteiger partial charge in [-0.05, 0) is 55.3 Å². The number of benzene rings is 2. The molecule has 13 heteroatoms. The molecule has 9 nitrogen and oxygen atoms in total. The van der Waals surface area contributed by atoms with Crippen LogP contribution in [-0.4, -0.2) is 72.9 Å². The highest BCUT2D eigenvalue weighted by Gasteiger charge is 2.32. The predicted octanol–water partition coefficient (Wildman–Crippen LogP) is 5.23. The van der Waals surface area contributed by atoms with Crippen molar-refractivity contribution >= 4 is 48.8 Å². The number of halogens is 2. The summed E-state index contributed by atoms with van der Waals surface area (Å²) in [6.07, 6.45) is 1.13. The first kappa shape index (κ1) is 30.7. The molecule has 0 amide bonds. The van der Waals surface area contributed by atoms with E-state index in [1.165, 1.54) is 33.8 Å². The number of piperazine rings is 1. The minimum atomic E-state index is -3.45. The largest absolute Gasteiger partial charge is 0.394 e. The standard InChI is InChI=1S/C30H32F2N6O3S2/c1-5-37(30-35-28(27(15-33)42-30)19-6-8-20(31)9-7-19)26-14-25(18(2)3)34-29-23(26)12-21(13-24(29)32)38-11-10-36(43(4,40)41)16-22(38)17-39/h6-9,12-14,18,22,39H,5,10-11,16-17H2,1-4H3/t22-/m0/s1. The lowest BCUT2D eigenvalue weighted by Gasteiger charge is -2.41. The number of anilines is 3. The first-order chi connectivity index (χ1) is 20.4. The van der Waals surface area contributed by atoms with Crippen LogP contribution < -0.4 is 9.80 Å². The normalized spacial score (nSPS) is 16.2. The molecule has 226 valence electrons. The fourth-order valence-electron chi connectivity index (χ4n) is 5.29. The van der Waals surface area contributed by atoms with Crippen molar-refractivity contribution < 1.29 is 22.3 Å². The number of aliphatic hydroxyl groups excluding tert-OH is 1. The van der Waals surface area contributed by atoms with E-state index in [1.807, 2.05) is 42.7 Å². The number of pyridine rings is 1. The molecular formula is C30H32F2N6O3S2. The van der Waals surface area contributed by atoms with Gasteiger partial charge < -0.3 is 14.9 Å². The van der Waals surface area contributed by atoms with Crippen LogP contribution in [0.25, 0.3) is 22.2 Å². The van der Waals surface area contributed by atoms with Gasteiger partial charge in [0.2, 0.25) is 10.0 Å². The minimum absolute atomic E-state index is 0.00971. The number of nitriles is 1. The van der Waals surface area contributed by atoms with E-state index in [-0.39, 0.29) is 37.7 Å². The second-order valence-corrected chi connectivity index (χ2v) is 13.7. The van der Waals surface area contributed by atoms with Gasteiger partial charge in [0.1, 0.15) is 28.0 Å². The Morgan fingerprint density at radius 2 is 1.88 bits per heavy atom. The summed E-state index contributed by atoms with van der Waals surface area (Å²) in [7, 11) is -3.45.